The first kappa shape index (κ1) is 13.8. The molecule has 74 valence electrons. The Morgan fingerprint density at radius 1 is 0.923 bits per heavy atom. The van der Waals surface area contributed by atoms with Crippen LogP contribution in [0.15, 0.2) is 0 Å². The van der Waals surface area contributed by atoms with Gasteiger partial charge in [-0.25, -0.2) is 0 Å². The van der Waals surface area contributed by atoms with Crippen LogP contribution in [0.1, 0.15) is 20.8 Å². The van der Waals surface area contributed by atoms with E-state index in [-0.39, 0.29) is 6.47 Å². The minimum absolute atomic E-state index is 0.0995. The highest BCUT2D eigenvalue weighted by molar-refractivity contribution is 5.82. The van der Waals surface area contributed by atoms with Gasteiger partial charge in [0.05, 0.1) is 0 Å². The quantitative estimate of drug-likeness (QED) is 0.323. The van der Waals surface area contributed by atoms with Crippen LogP contribution in [0.5, 0.6) is 0 Å². The van der Waals surface area contributed by atoms with Crippen LogP contribution in [0.25, 0.3) is 0 Å². The second kappa shape index (κ2) is 8.38. The number of hydrogen-bond donors (Lipinski definition) is 0. The predicted molar refractivity (Wildman–Crippen MR) is 40.3 cm³/mol. The summed E-state index contributed by atoms with van der Waals surface area (Å²) in [4.78, 5) is 38.4. The third-order valence-corrected chi connectivity index (χ3v) is 0.502. The van der Waals surface area contributed by atoms with E-state index in [0.717, 1.165) is 6.92 Å². The van der Waals surface area contributed by atoms with E-state index in [4.69, 9.17) is 0 Å². The lowest BCUT2D eigenvalue weighted by atomic mass is 10.7. The van der Waals surface area contributed by atoms with Crippen molar-refractivity contribution in [2.75, 3.05) is 0 Å². The van der Waals surface area contributed by atoms with E-state index in [1.165, 1.54) is 13.8 Å². The van der Waals surface area contributed by atoms with Gasteiger partial charge in [0.15, 0.2) is 0 Å². The second-order valence-corrected chi connectivity index (χ2v) is 1.79. The number of rotatable bonds is 1. The van der Waals surface area contributed by atoms with Crippen LogP contribution in [0.2, 0.25) is 0 Å². The Kier molecular flexibility index (Phi) is 8.92. The molecule has 0 aliphatic carbocycles. The molecule has 0 N–H and O–H groups in total. The molecule has 0 aliphatic heterocycles. The summed E-state index contributed by atoms with van der Waals surface area (Å²) in [6, 6.07) is 0. The average Bonchev–Trinajstić information content (AvgIpc) is 1.83. The van der Waals surface area contributed by atoms with Gasteiger partial charge < -0.3 is 9.47 Å². The van der Waals surface area contributed by atoms with Crippen molar-refractivity contribution in [3.8, 4) is 0 Å². The molecular formula is C7H10O6. The lowest BCUT2D eigenvalue weighted by molar-refractivity contribution is -0.156. The maximum Gasteiger partial charge on any atom is 0.310 e. The molecule has 0 atom stereocenters. The van der Waals surface area contributed by atoms with Gasteiger partial charge in [-0.15, -0.1) is 0 Å². The first-order chi connectivity index (χ1) is 5.90. The molecule has 0 amide bonds. The summed E-state index contributed by atoms with van der Waals surface area (Å²) in [6.07, 6.45) is 0. The van der Waals surface area contributed by atoms with E-state index in [2.05, 4.69) is 9.47 Å². The Labute approximate surface area is 74.8 Å². The maximum absolute atomic E-state index is 9.81. The van der Waals surface area contributed by atoms with Gasteiger partial charge in [0.2, 0.25) is 0 Å². The third kappa shape index (κ3) is 25.3. The molecule has 0 unspecified atom stereocenters. The van der Waals surface area contributed by atoms with Crippen molar-refractivity contribution in [2.24, 2.45) is 0 Å². The molecule has 0 saturated carbocycles. The highest BCUT2D eigenvalue weighted by Gasteiger charge is 1.93. The first-order valence-electron chi connectivity index (χ1n) is 3.20. The Morgan fingerprint density at radius 2 is 1.31 bits per heavy atom. The molecule has 0 radical (unpaired) electrons. The van der Waals surface area contributed by atoms with E-state index in [0.29, 0.717) is 0 Å². The van der Waals surface area contributed by atoms with Gasteiger partial charge in [0.25, 0.3) is 0 Å². The smallest absolute Gasteiger partial charge is 0.310 e. The minimum Gasteiger partial charge on any atom is -0.396 e. The van der Waals surface area contributed by atoms with Crippen LogP contribution >= 0.6 is 0 Å². The Hall–Kier alpha value is -1.72. The monoisotopic (exact) mass is 190 g/mol. The Balaban J connectivity index is 0. The van der Waals surface area contributed by atoms with Gasteiger partial charge in [0, 0.05) is 20.8 Å². The summed E-state index contributed by atoms with van der Waals surface area (Å²) in [7, 11) is 0. The van der Waals surface area contributed by atoms with Crippen LogP contribution in [0, 0.1) is 0 Å². The van der Waals surface area contributed by atoms with Crippen molar-refractivity contribution in [1.82, 2.24) is 0 Å². The molecule has 0 aromatic heterocycles. The molecule has 6 heteroatoms. The molecule has 0 spiro atoms. The summed E-state index contributed by atoms with van der Waals surface area (Å²) in [5.74, 6) is -1.70. The molecule has 0 bridgehead atoms. The number of carbonyl (C=O) groups is 4. The molecule has 0 heterocycles. The standard InChI is InChI=1S/C4H6O3.C3H4O3/c1-3(5)7-4(2)6;1-3(5)6-2-4/h1-2H3;2H,1H3. The van der Waals surface area contributed by atoms with Crippen molar-refractivity contribution >= 4 is 24.4 Å². The van der Waals surface area contributed by atoms with Crippen molar-refractivity contribution in [3.05, 3.63) is 0 Å². The minimum atomic E-state index is -0.579. The number of esters is 3. The summed E-state index contributed by atoms with van der Waals surface area (Å²) in [5.41, 5.74) is 0. The largest absolute Gasteiger partial charge is 0.396 e. The van der Waals surface area contributed by atoms with E-state index in [1.54, 1.807) is 0 Å². The highest BCUT2D eigenvalue weighted by atomic mass is 16.6. The normalized spacial score (nSPS) is 7.31. The fraction of sp³-hybridized carbons (Fsp3) is 0.429. The van der Waals surface area contributed by atoms with E-state index < -0.39 is 17.9 Å². The van der Waals surface area contributed by atoms with Gasteiger partial charge in [-0.2, -0.15) is 0 Å². The third-order valence-electron chi connectivity index (χ3n) is 0.502. The van der Waals surface area contributed by atoms with Crippen LogP contribution in [-0.2, 0) is 28.7 Å². The fourth-order valence-corrected chi connectivity index (χ4v) is 0.270. The molecular weight excluding hydrogens is 180 g/mol. The molecule has 0 rings (SSSR count). The number of hydrogen-bond acceptors (Lipinski definition) is 6. The van der Waals surface area contributed by atoms with E-state index in [9.17, 15) is 19.2 Å². The van der Waals surface area contributed by atoms with Gasteiger partial charge >= 0.3 is 24.4 Å². The summed E-state index contributed by atoms with van der Waals surface area (Å²) in [6.45, 7) is 3.62. The van der Waals surface area contributed by atoms with Gasteiger partial charge in [-0.3, -0.25) is 19.2 Å². The van der Waals surface area contributed by atoms with Crippen molar-refractivity contribution in [1.29, 1.82) is 0 Å². The first-order valence-corrected chi connectivity index (χ1v) is 3.20. The lowest BCUT2D eigenvalue weighted by Gasteiger charge is -1.87. The second-order valence-electron chi connectivity index (χ2n) is 1.79. The van der Waals surface area contributed by atoms with Crippen LogP contribution in [-0.4, -0.2) is 24.4 Å². The zero-order valence-electron chi connectivity index (χ0n) is 7.53. The Morgan fingerprint density at radius 3 is 1.31 bits per heavy atom. The lowest BCUT2D eigenvalue weighted by Crippen LogP contribution is -2.03. The van der Waals surface area contributed by atoms with Crippen molar-refractivity contribution in [2.45, 2.75) is 20.8 Å². The van der Waals surface area contributed by atoms with Gasteiger partial charge in [0.1, 0.15) is 0 Å². The summed E-state index contributed by atoms with van der Waals surface area (Å²) < 4.78 is 7.69. The van der Waals surface area contributed by atoms with Gasteiger partial charge in [-0.05, 0) is 0 Å². The summed E-state index contributed by atoms with van der Waals surface area (Å²) in [5, 5.41) is 0. The topological polar surface area (TPSA) is 86.7 Å². The maximum atomic E-state index is 9.81. The van der Waals surface area contributed by atoms with Crippen LogP contribution in [0.4, 0.5) is 0 Å². The molecule has 0 aliphatic rings. The van der Waals surface area contributed by atoms with Crippen molar-refractivity contribution in [3.63, 3.8) is 0 Å². The molecule has 0 aromatic rings. The number of ether oxygens (including phenoxy) is 2. The average molecular weight is 190 g/mol. The van der Waals surface area contributed by atoms with E-state index >= 15 is 0 Å². The molecule has 0 aromatic carbocycles. The summed E-state index contributed by atoms with van der Waals surface area (Å²) >= 11 is 0. The highest BCUT2D eigenvalue weighted by Crippen LogP contribution is 1.73. The van der Waals surface area contributed by atoms with Crippen molar-refractivity contribution < 1.29 is 28.7 Å². The number of carbonyl (C=O) groups excluding carboxylic acids is 4. The van der Waals surface area contributed by atoms with Crippen LogP contribution < -0.4 is 0 Å². The van der Waals surface area contributed by atoms with Crippen LogP contribution in [0.3, 0.4) is 0 Å². The zero-order chi connectivity index (χ0) is 10.9. The molecule has 6 nitrogen and oxygen atoms in total. The SMILES string of the molecule is CC(=O)OC(C)=O.CC(=O)OC=O. The fourth-order valence-electron chi connectivity index (χ4n) is 0.270. The van der Waals surface area contributed by atoms with Gasteiger partial charge in [-0.1, -0.05) is 0 Å². The molecule has 0 saturated heterocycles. The predicted octanol–water partition coefficient (Wildman–Crippen LogP) is -0.198. The zero-order valence-corrected chi connectivity index (χ0v) is 7.53. The molecule has 0 fully saturated rings. The van der Waals surface area contributed by atoms with E-state index in [1.807, 2.05) is 0 Å². The molecule has 13 heavy (non-hydrogen) atoms. The Bertz CT molecular complexity index is 195.